The Morgan fingerprint density at radius 1 is 0.909 bits per heavy atom. The molecule has 0 bridgehead atoms. The Morgan fingerprint density at radius 2 is 1.45 bits per heavy atom. The van der Waals surface area contributed by atoms with Gasteiger partial charge >= 0.3 is 12.3 Å². The molecular formula is C17H14F4O. The van der Waals surface area contributed by atoms with Gasteiger partial charge in [-0.15, -0.1) is 0 Å². The first-order chi connectivity index (χ1) is 10.4. The molecule has 0 heterocycles. The van der Waals surface area contributed by atoms with E-state index in [1.165, 1.54) is 12.1 Å². The maximum Gasteiger partial charge on any atom is 0.307 e. The number of benzene rings is 2. The lowest BCUT2D eigenvalue weighted by Gasteiger charge is -2.14. The third-order valence-corrected chi connectivity index (χ3v) is 3.32. The maximum atomic E-state index is 12.8. The van der Waals surface area contributed by atoms with Crippen LogP contribution in [0.1, 0.15) is 23.2 Å². The first-order valence-electron chi connectivity index (χ1n) is 6.75. The minimum Gasteiger partial charge on any atom is -0.294 e. The Kier molecular flexibility index (Phi) is 4.96. The fraction of sp³-hybridized carbons (Fsp3) is 0.235. The van der Waals surface area contributed by atoms with Gasteiger partial charge in [-0.3, -0.25) is 4.79 Å². The van der Waals surface area contributed by atoms with Crippen LogP contribution in [-0.2, 0) is 0 Å². The van der Waals surface area contributed by atoms with Gasteiger partial charge in [0.1, 0.15) is 0 Å². The second-order valence-corrected chi connectivity index (χ2v) is 4.93. The van der Waals surface area contributed by atoms with E-state index < -0.39 is 31.0 Å². The van der Waals surface area contributed by atoms with E-state index in [0.29, 0.717) is 0 Å². The number of ketones is 1. The molecule has 0 atom stereocenters. The topological polar surface area (TPSA) is 17.1 Å². The zero-order valence-electron chi connectivity index (χ0n) is 11.6. The number of hydrogen-bond donors (Lipinski definition) is 0. The Hall–Kier alpha value is -2.17. The van der Waals surface area contributed by atoms with E-state index >= 15 is 0 Å². The molecule has 0 aliphatic carbocycles. The average Bonchev–Trinajstić information content (AvgIpc) is 2.53. The van der Waals surface area contributed by atoms with Gasteiger partial charge < -0.3 is 0 Å². The highest BCUT2D eigenvalue weighted by Crippen LogP contribution is 2.29. The number of carbonyl (C=O) groups is 1. The number of halogens is 4. The highest BCUT2D eigenvalue weighted by molar-refractivity contribution is 5.96. The molecule has 2 aromatic carbocycles. The van der Waals surface area contributed by atoms with Gasteiger partial charge in [-0.2, -0.15) is 0 Å². The van der Waals surface area contributed by atoms with Crippen LogP contribution < -0.4 is 0 Å². The molecule has 22 heavy (non-hydrogen) atoms. The van der Waals surface area contributed by atoms with Gasteiger partial charge in [0, 0.05) is 18.4 Å². The van der Waals surface area contributed by atoms with Crippen molar-refractivity contribution in [3.8, 4) is 11.1 Å². The van der Waals surface area contributed by atoms with Gasteiger partial charge in [0.2, 0.25) is 0 Å². The molecule has 0 saturated heterocycles. The molecule has 2 rings (SSSR count). The first-order valence-corrected chi connectivity index (χ1v) is 6.75. The SMILES string of the molecule is O=C(CCC(F)(F)C(F)F)c1ccc(-c2ccccc2)cc1. The van der Waals surface area contributed by atoms with Crippen molar-refractivity contribution < 1.29 is 22.4 Å². The van der Waals surface area contributed by atoms with Crippen LogP contribution in [0.4, 0.5) is 17.6 Å². The Labute approximate surface area is 125 Å². The summed E-state index contributed by atoms with van der Waals surface area (Å²) in [5, 5.41) is 0. The summed E-state index contributed by atoms with van der Waals surface area (Å²) < 4.78 is 49.7. The average molecular weight is 310 g/mol. The molecule has 2 aromatic rings. The molecule has 5 heteroatoms. The predicted molar refractivity (Wildman–Crippen MR) is 76.4 cm³/mol. The van der Waals surface area contributed by atoms with E-state index in [2.05, 4.69) is 0 Å². The van der Waals surface area contributed by atoms with E-state index in [9.17, 15) is 22.4 Å². The summed E-state index contributed by atoms with van der Waals surface area (Å²) in [6, 6.07) is 15.9. The highest BCUT2D eigenvalue weighted by atomic mass is 19.3. The predicted octanol–water partition coefficient (Wildman–Crippen LogP) is 5.22. The van der Waals surface area contributed by atoms with E-state index in [-0.39, 0.29) is 5.56 Å². The summed E-state index contributed by atoms with van der Waals surface area (Å²) in [7, 11) is 0. The molecule has 0 saturated carbocycles. The van der Waals surface area contributed by atoms with Crippen molar-refractivity contribution in [3.63, 3.8) is 0 Å². The monoisotopic (exact) mass is 310 g/mol. The molecule has 116 valence electrons. The molecule has 0 amide bonds. The molecule has 0 spiro atoms. The van der Waals surface area contributed by atoms with Crippen molar-refractivity contribution >= 4 is 5.78 Å². The second-order valence-electron chi connectivity index (χ2n) is 4.93. The summed E-state index contributed by atoms with van der Waals surface area (Å²) in [4.78, 5) is 11.8. The molecule has 0 fully saturated rings. The molecule has 0 N–H and O–H groups in total. The fourth-order valence-corrected chi connectivity index (χ4v) is 2.01. The third kappa shape index (κ3) is 3.93. The number of alkyl halides is 4. The van der Waals surface area contributed by atoms with E-state index in [4.69, 9.17) is 0 Å². The van der Waals surface area contributed by atoms with Gasteiger partial charge in [-0.25, -0.2) is 17.6 Å². The van der Waals surface area contributed by atoms with E-state index in [1.807, 2.05) is 30.3 Å². The van der Waals surface area contributed by atoms with E-state index in [0.717, 1.165) is 11.1 Å². The maximum absolute atomic E-state index is 12.8. The lowest BCUT2D eigenvalue weighted by Crippen LogP contribution is -2.27. The van der Waals surface area contributed by atoms with Crippen molar-refractivity contribution in [2.24, 2.45) is 0 Å². The van der Waals surface area contributed by atoms with Crippen LogP contribution in [0.5, 0.6) is 0 Å². The number of Topliss-reactive ketones (excluding diaryl/α,β-unsaturated/α-hetero) is 1. The molecule has 0 radical (unpaired) electrons. The molecule has 1 nitrogen and oxygen atoms in total. The van der Waals surface area contributed by atoms with Crippen molar-refractivity contribution in [1.82, 2.24) is 0 Å². The molecule has 0 aliphatic rings. The first kappa shape index (κ1) is 16.2. The highest BCUT2D eigenvalue weighted by Gasteiger charge is 2.40. The molecular weight excluding hydrogens is 296 g/mol. The zero-order valence-corrected chi connectivity index (χ0v) is 11.6. The van der Waals surface area contributed by atoms with Crippen LogP contribution in [0.2, 0.25) is 0 Å². The Bertz CT molecular complexity index is 621. The minimum atomic E-state index is -4.13. The number of hydrogen-bond acceptors (Lipinski definition) is 1. The minimum absolute atomic E-state index is 0.241. The number of carbonyl (C=O) groups excluding carboxylic acids is 1. The van der Waals surface area contributed by atoms with Crippen LogP contribution in [0, 0.1) is 0 Å². The Morgan fingerprint density at radius 3 is 2.00 bits per heavy atom. The quantitative estimate of drug-likeness (QED) is 0.528. The summed E-state index contributed by atoms with van der Waals surface area (Å²) in [6.07, 6.45) is -5.51. The van der Waals surface area contributed by atoms with Crippen LogP contribution in [0.15, 0.2) is 54.6 Å². The Balaban J connectivity index is 2.03. The largest absolute Gasteiger partial charge is 0.307 e. The van der Waals surface area contributed by atoms with Crippen molar-refractivity contribution in [2.45, 2.75) is 25.2 Å². The lowest BCUT2D eigenvalue weighted by molar-refractivity contribution is -0.132. The van der Waals surface area contributed by atoms with Crippen LogP contribution >= 0.6 is 0 Å². The summed E-state index contributed by atoms with van der Waals surface area (Å²) in [5.41, 5.74) is 2.09. The van der Waals surface area contributed by atoms with Gasteiger partial charge in [-0.05, 0) is 11.1 Å². The summed E-state index contributed by atoms with van der Waals surface area (Å²) in [5.74, 6) is -4.69. The third-order valence-electron chi connectivity index (χ3n) is 3.32. The molecule has 0 unspecified atom stereocenters. The normalized spacial score (nSPS) is 11.7. The van der Waals surface area contributed by atoms with Gasteiger partial charge in [0.25, 0.3) is 0 Å². The van der Waals surface area contributed by atoms with Crippen molar-refractivity contribution in [3.05, 3.63) is 60.2 Å². The van der Waals surface area contributed by atoms with Crippen molar-refractivity contribution in [2.75, 3.05) is 0 Å². The second kappa shape index (κ2) is 6.73. The lowest BCUT2D eigenvalue weighted by atomic mass is 10.00. The van der Waals surface area contributed by atoms with Gasteiger partial charge in [0.15, 0.2) is 5.78 Å². The summed E-state index contributed by atoms with van der Waals surface area (Å²) >= 11 is 0. The van der Waals surface area contributed by atoms with Gasteiger partial charge in [0.05, 0.1) is 0 Å². The van der Waals surface area contributed by atoms with Crippen LogP contribution in [-0.4, -0.2) is 18.1 Å². The van der Waals surface area contributed by atoms with Gasteiger partial charge in [-0.1, -0.05) is 54.6 Å². The molecule has 0 aliphatic heterocycles. The van der Waals surface area contributed by atoms with Crippen molar-refractivity contribution in [1.29, 1.82) is 0 Å². The fourth-order valence-electron chi connectivity index (χ4n) is 2.01. The number of rotatable bonds is 6. The van der Waals surface area contributed by atoms with E-state index in [1.54, 1.807) is 12.1 Å². The zero-order chi connectivity index (χ0) is 16.2. The van der Waals surface area contributed by atoms with Crippen LogP contribution in [0.3, 0.4) is 0 Å². The smallest absolute Gasteiger partial charge is 0.294 e. The summed E-state index contributed by atoms with van der Waals surface area (Å²) in [6.45, 7) is 0. The standard InChI is InChI=1S/C17H14F4O/c18-16(19)17(20,21)11-10-15(22)14-8-6-13(7-9-14)12-4-2-1-3-5-12/h1-9,16H,10-11H2. The molecule has 0 aromatic heterocycles. The van der Waals surface area contributed by atoms with Crippen LogP contribution in [0.25, 0.3) is 11.1 Å².